The number of anilines is 1. The molecule has 1 aromatic carbocycles. The third-order valence-corrected chi connectivity index (χ3v) is 2.83. The van der Waals surface area contributed by atoms with E-state index in [4.69, 9.17) is 4.74 Å². The van der Waals surface area contributed by atoms with Gasteiger partial charge in [0.2, 0.25) is 11.9 Å². The summed E-state index contributed by atoms with van der Waals surface area (Å²) in [6.45, 7) is 5.14. The summed E-state index contributed by atoms with van der Waals surface area (Å²) in [7, 11) is 1.60. The second-order valence-electron chi connectivity index (χ2n) is 4.95. The van der Waals surface area contributed by atoms with Crippen molar-refractivity contribution < 1.29 is 9.53 Å². The fourth-order valence-corrected chi connectivity index (χ4v) is 1.92. The molecule has 0 fully saturated rings. The predicted octanol–water partition coefficient (Wildman–Crippen LogP) is 2.34. The van der Waals surface area contributed by atoms with Crippen molar-refractivity contribution in [1.29, 1.82) is 0 Å². The third-order valence-electron chi connectivity index (χ3n) is 2.83. The number of nitrogens with one attached hydrogen (secondary N) is 2. The van der Waals surface area contributed by atoms with Crippen molar-refractivity contribution in [3.05, 3.63) is 41.7 Å². The van der Waals surface area contributed by atoms with Crippen LogP contribution in [0.2, 0.25) is 0 Å². The normalized spacial score (nSPS) is 11.0. The minimum atomic E-state index is -0.242. The molecule has 0 aliphatic rings. The van der Waals surface area contributed by atoms with Crippen LogP contribution < -0.4 is 15.4 Å². The number of carbonyl (C=O) groups is 1. The number of nitrogens with zero attached hydrogens (tertiary/aromatic N) is 3. The predicted molar refractivity (Wildman–Crippen MR) is 89.0 cm³/mol. The maximum absolute atomic E-state index is 11.4. The molecule has 0 unspecified atom stereocenters. The van der Waals surface area contributed by atoms with E-state index < -0.39 is 0 Å². The summed E-state index contributed by atoms with van der Waals surface area (Å²) >= 11 is 0. The van der Waals surface area contributed by atoms with Crippen LogP contribution in [0.4, 0.5) is 11.6 Å². The Morgan fingerprint density at radius 2 is 1.74 bits per heavy atom. The van der Waals surface area contributed by atoms with Crippen LogP contribution in [0.3, 0.4) is 0 Å². The molecular formula is C16H19N5O2. The molecule has 0 saturated carbocycles. The fraction of sp³-hybridized carbons (Fsp3) is 0.250. The fourth-order valence-electron chi connectivity index (χ4n) is 1.92. The van der Waals surface area contributed by atoms with Crippen molar-refractivity contribution >= 4 is 23.5 Å². The summed E-state index contributed by atoms with van der Waals surface area (Å²) in [6.07, 6.45) is 0. The molecular weight excluding hydrogens is 294 g/mol. The van der Waals surface area contributed by atoms with Crippen molar-refractivity contribution in [2.75, 3.05) is 12.4 Å². The highest BCUT2D eigenvalue weighted by Crippen LogP contribution is 2.15. The van der Waals surface area contributed by atoms with Gasteiger partial charge >= 0.3 is 0 Å². The number of aryl methyl sites for hydroxylation is 2. The maximum Gasteiger partial charge on any atom is 0.253 e. The zero-order valence-corrected chi connectivity index (χ0v) is 13.5. The number of aliphatic imine (C=N–C) groups is 1. The van der Waals surface area contributed by atoms with Gasteiger partial charge in [-0.3, -0.25) is 10.1 Å². The second-order valence-corrected chi connectivity index (χ2v) is 4.95. The van der Waals surface area contributed by atoms with Gasteiger partial charge in [-0.15, -0.1) is 0 Å². The Balaban J connectivity index is 2.27. The Morgan fingerprint density at radius 3 is 2.26 bits per heavy atom. The lowest BCUT2D eigenvalue weighted by molar-refractivity contribution is -0.117. The zero-order chi connectivity index (χ0) is 16.8. The second kappa shape index (κ2) is 7.35. The van der Waals surface area contributed by atoms with Crippen LogP contribution in [0.25, 0.3) is 0 Å². The van der Waals surface area contributed by atoms with Crippen molar-refractivity contribution in [2.45, 2.75) is 20.8 Å². The summed E-state index contributed by atoms with van der Waals surface area (Å²) in [5, 5.41) is 5.66. The Hall–Kier alpha value is -2.96. The first-order chi connectivity index (χ1) is 11.0. The number of ether oxygens (including phenoxy) is 1. The molecule has 1 amide bonds. The van der Waals surface area contributed by atoms with Gasteiger partial charge in [0.25, 0.3) is 5.95 Å². The van der Waals surface area contributed by atoms with Gasteiger partial charge in [-0.05, 0) is 44.2 Å². The van der Waals surface area contributed by atoms with Gasteiger partial charge in [-0.25, -0.2) is 9.97 Å². The van der Waals surface area contributed by atoms with Crippen LogP contribution in [0.1, 0.15) is 18.3 Å². The number of benzene rings is 1. The van der Waals surface area contributed by atoms with Crippen molar-refractivity contribution in [3.8, 4) is 5.75 Å². The van der Waals surface area contributed by atoms with Gasteiger partial charge in [0.05, 0.1) is 7.11 Å². The Bertz CT molecular complexity index is 706. The average Bonchev–Trinajstić information content (AvgIpc) is 2.46. The Labute approximate surface area is 134 Å². The Kier molecular flexibility index (Phi) is 5.24. The molecule has 0 bridgehead atoms. The summed E-state index contributed by atoms with van der Waals surface area (Å²) in [5.74, 6) is 1.04. The average molecular weight is 313 g/mol. The van der Waals surface area contributed by atoms with E-state index in [1.165, 1.54) is 6.92 Å². The molecule has 1 heterocycles. The molecule has 2 N–H and O–H groups in total. The summed E-state index contributed by atoms with van der Waals surface area (Å²) in [6, 6.07) is 9.10. The van der Waals surface area contributed by atoms with E-state index in [0.717, 1.165) is 22.8 Å². The standard InChI is InChI=1S/C16H19N5O2/c1-10-9-11(2)18-15(17-10)21-16(19-12(3)22)20-13-5-7-14(23-4)8-6-13/h5-9H,1-4H3,(H2,17,18,19,20,21,22). The number of methoxy groups -OCH3 is 1. The number of carbonyl (C=O) groups excluding carboxylic acids is 1. The minimum Gasteiger partial charge on any atom is -0.497 e. The SMILES string of the molecule is COc1ccc(N/C(=N\c2nc(C)cc(C)n2)NC(C)=O)cc1. The molecule has 0 spiro atoms. The van der Waals surface area contributed by atoms with Crippen LogP contribution in [0.15, 0.2) is 35.3 Å². The van der Waals surface area contributed by atoms with Crippen molar-refractivity contribution in [3.63, 3.8) is 0 Å². The van der Waals surface area contributed by atoms with E-state index in [0.29, 0.717) is 0 Å². The lowest BCUT2D eigenvalue weighted by Crippen LogP contribution is -2.34. The van der Waals surface area contributed by atoms with E-state index >= 15 is 0 Å². The number of amides is 1. The van der Waals surface area contributed by atoms with Crippen LogP contribution >= 0.6 is 0 Å². The highest BCUT2D eigenvalue weighted by molar-refractivity contribution is 6.04. The smallest absolute Gasteiger partial charge is 0.253 e. The van der Waals surface area contributed by atoms with E-state index in [1.807, 2.05) is 32.0 Å². The molecule has 2 aromatic rings. The van der Waals surface area contributed by atoms with Gasteiger partial charge in [-0.1, -0.05) is 0 Å². The molecule has 7 heteroatoms. The van der Waals surface area contributed by atoms with E-state index in [-0.39, 0.29) is 17.8 Å². The van der Waals surface area contributed by atoms with E-state index in [9.17, 15) is 4.79 Å². The van der Waals surface area contributed by atoms with Gasteiger partial charge in [-0.2, -0.15) is 4.99 Å². The van der Waals surface area contributed by atoms with Crippen LogP contribution in [0.5, 0.6) is 5.75 Å². The topological polar surface area (TPSA) is 88.5 Å². The molecule has 0 saturated heterocycles. The van der Waals surface area contributed by atoms with Crippen molar-refractivity contribution in [2.24, 2.45) is 4.99 Å². The van der Waals surface area contributed by atoms with Gasteiger partial charge in [0.15, 0.2) is 0 Å². The molecule has 120 valence electrons. The first-order valence-corrected chi connectivity index (χ1v) is 7.06. The largest absolute Gasteiger partial charge is 0.497 e. The summed E-state index contributed by atoms with van der Waals surface area (Å²) < 4.78 is 5.11. The monoisotopic (exact) mass is 313 g/mol. The molecule has 0 aliphatic carbocycles. The highest BCUT2D eigenvalue weighted by atomic mass is 16.5. The molecule has 7 nitrogen and oxygen atoms in total. The number of rotatable bonds is 3. The third kappa shape index (κ3) is 5.06. The molecule has 1 aromatic heterocycles. The first kappa shape index (κ1) is 16.4. The summed E-state index contributed by atoms with van der Waals surface area (Å²) in [5.41, 5.74) is 2.37. The highest BCUT2D eigenvalue weighted by Gasteiger charge is 2.06. The van der Waals surface area contributed by atoms with E-state index in [2.05, 4.69) is 25.6 Å². The Morgan fingerprint density at radius 1 is 1.13 bits per heavy atom. The van der Waals surface area contributed by atoms with Crippen LogP contribution in [-0.2, 0) is 4.79 Å². The number of aromatic nitrogens is 2. The van der Waals surface area contributed by atoms with Crippen LogP contribution in [0, 0.1) is 13.8 Å². The molecule has 2 rings (SSSR count). The molecule has 23 heavy (non-hydrogen) atoms. The molecule has 0 atom stereocenters. The van der Waals surface area contributed by atoms with Crippen LogP contribution in [-0.4, -0.2) is 28.9 Å². The van der Waals surface area contributed by atoms with E-state index in [1.54, 1.807) is 19.2 Å². The quantitative estimate of drug-likeness (QED) is 0.670. The number of hydrogen-bond donors (Lipinski definition) is 2. The zero-order valence-electron chi connectivity index (χ0n) is 13.5. The van der Waals surface area contributed by atoms with Crippen molar-refractivity contribution in [1.82, 2.24) is 15.3 Å². The molecule has 0 radical (unpaired) electrons. The summed E-state index contributed by atoms with van der Waals surface area (Å²) in [4.78, 5) is 24.1. The lowest BCUT2D eigenvalue weighted by Gasteiger charge is -2.10. The number of hydrogen-bond acceptors (Lipinski definition) is 5. The first-order valence-electron chi connectivity index (χ1n) is 7.06. The van der Waals surface area contributed by atoms with Gasteiger partial charge in [0.1, 0.15) is 5.75 Å². The minimum absolute atomic E-state index is 0.242. The maximum atomic E-state index is 11.4. The number of guanidine groups is 1. The van der Waals surface area contributed by atoms with Gasteiger partial charge < -0.3 is 10.1 Å². The van der Waals surface area contributed by atoms with Gasteiger partial charge in [0, 0.05) is 24.0 Å². The lowest BCUT2D eigenvalue weighted by atomic mass is 10.3. The molecule has 0 aliphatic heterocycles.